The maximum absolute atomic E-state index is 13.0. The topological polar surface area (TPSA) is 66.4 Å². The summed E-state index contributed by atoms with van der Waals surface area (Å²) >= 11 is 5.60. The second-order valence-electron chi connectivity index (χ2n) is 4.68. The first-order valence-electron chi connectivity index (χ1n) is 5.95. The molecule has 0 radical (unpaired) electrons. The van der Waals surface area contributed by atoms with Gasteiger partial charge in [0.25, 0.3) is 5.91 Å². The van der Waals surface area contributed by atoms with Crippen molar-refractivity contribution in [1.82, 2.24) is 5.32 Å². The quantitative estimate of drug-likeness (QED) is 0.897. The van der Waals surface area contributed by atoms with Crippen LogP contribution in [0.2, 0.25) is 5.02 Å². The van der Waals surface area contributed by atoms with Gasteiger partial charge < -0.3 is 10.4 Å². The average molecular weight is 286 g/mol. The van der Waals surface area contributed by atoms with Crippen LogP contribution in [0.15, 0.2) is 18.2 Å². The standard InChI is InChI=1S/C13H13ClFNO3/c14-9-7-8(3-4-10(9)15)11(17)16-13(12(18)19)5-1-2-6-13/h3-4,7H,1-2,5-6H2,(H,16,17)(H,18,19). The third-order valence-corrected chi connectivity index (χ3v) is 3.69. The molecule has 0 atom stereocenters. The maximum Gasteiger partial charge on any atom is 0.329 e. The van der Waals surface area contributed by atoms with Crippen molar-refractivity contribution in [2.24, 2.45) is 0 Å². The maximum atomic E-state index is 13.0. The molecule has 0 heterocycles. The van der Waals surface area contributed by atoms with Crippen LogP contribution in [0.4, 0.5) is 4.39 Å². The average Bonchev–Trinajstić information content (AvgIpc) is 2.82. The zero-order valence-electron chi connectivity index (χ0n) is 10.1. The van der Waals surface area contributed by atoms with Gasteiger partial charge in [-0.1, -0.05) is 24.4 Å². The number of carboxylic acid groups (broad SMARTS) is 1. The molecule has 4 nitrogen and oxygen atoms in total. The van der Waals surface area contributed by atoms with Gasteiger partial charge in [-0.15, -0.1) is 0 Å². The van der Waals surface area contributed by atoms with E-state index in [1.807, 2.05) is 0 Å². The van der Waals surface area contributed by atoms with Crippen LogP contribution in [0.5, 0.6) is 0 Å². The zero-order valence-corrected chi connectivity index (χ0v) is 10.8. The fourth-order valence-corrected chi connectivity index (χ4v) is 2.48. The SMILES string of the molecule is O=C(NC1(C(=O)O)CCCC1)c1ccc(F)c(Cl)c1. The molecule has 0 aromatic heterocycles. The van der Waals surface area contributed by atoms with E-state index in [4.69, 9.17) is 11.6 Å². The number of amides is 1. The summed E-state index contributed by atoms with van der Waals surface area (Å²) in [5.41, 5.74) is -1.06. The molecule has 1 aliphatic rings. The Morgan fingerprint density at radius 1 is 1.32 bits per heavy atom. The van der Waals surface area contributed by atoms with E-state index in [-0.39, 0.29) is 10.6 Å². The Hall–Kier alpha value is -1.62. The van der Waals surface area contributed by atoms with Crippen molar-refractivity contribution < 1.29 is 19.1 Å². The molecule has 1 aromatic carbocycles. The minimum atomic E-state index is -1.21. The Balaban J connectivity index is 2.20. The highest BCUT2D eigenvalue weighted by Gasteiger charge is 2.42. The number of carbonyl (C=O) groups is 2. The number of benzene rings is 1. The van der Waals surface area contributed by atoms with E-state index in [0.717, 1.165) is 18.9 Å². The molecule has 0 aliphatic heterocycles. The normalized spacial score (nSPS) is 17.2. The summed E-state index contributed by atoms with van der Waals surface area (Å²) in [5, 5.41) is 11.6. The van der Waals surface area contributed by atoms with Crippen molar-refractivity contribution in [1.29, 1.82) is 0 Å². The highest BCUT2D eigenvalue weighted by atomic mass is 35.5. The van der Waals surface area contributed by atoms with E-state index in [2.05, 4.69) is 5.32 Å². The number of hydrogen-bond donors (Lipinski definition) is 2. The lowest BCUT2D eigenvalue weighted by atomic mass is 9.97. The molecule has 6 heteroatoms. The third kappa shape index (κ3) is 2.71. The summed E-state index contributed by atoms with van der Waals surface area (Å²) in [6.45, 7) is 0. The van der Waals surface area contributed by atoms with E-state index < -0.39 is 23.2 Å². The first-order valence-corrected chi connectivity index (χ1v) is 6.33. The lowest BCUT2D eigenvalue weighted by Gasteiger charge is -2.25. The van der Waals surface area contributed by atoms with Gasteiger partial charge in [0, 0.05) is 5.56 Å². The molecule has 1 aliphatic carbocycles. The van der Waals surface area contributed by atoms with E-state index in [1.165, 1.54) is 12.1 Å². The molecule has 19 heavy (non-hydrogen) atoms. The minimum absolute atomic E-state index is 0.152. The number of hydrogen-bond acceptors (Lipinski definition) is 2. The van der Waals surface area contributed by atoms with Crippen LogP contribution in [0.3, 0.4) is 0 Å². The second-order valence-corrected chi connectivity index (χ2v) is 5.08. The Kier molecular flexibility index (Phi) is 3.75. The first kappa shape index (κ1) is 13.8. The molecular weight excluding hydrogens is 273 g/mol. The van der Waals surface area contributed by atoms with Crippen molar-refractivity contribution in [3.05, 3.63) is 34.6 Å². The van der Waals surface area contributed by atoms with Crippen molar-refractivity contribution in [3.8, 4) is 0 Å². The Morgan fingerprint density at radius 2 is 1.95 bits per heavy atom. The molecule has 2 rings (SSSR count). The van der Waals surface area contributed by atoms with Gasteiger partial charge in [0.05, 0.1) is 5.02 Å². The number of rotatable bonds is 3. The molecule has 1 fully saturated rings. The zero-order chi connectivity index (χ0) is 14.0. The van der Waals surface area contributed by atoms with Gasteiger partial charge in [0.2, 0.25) is 0 Å². The summed E-state index contributed by atoms with van der Waals surface area (Å²) in [6, 6.07) is 3.55. The summed E-state index contributed by atoms with van der Waals surface area (Å²) in [4.78, 5) is 23.3. The highest BCUT2D eigenvalue weighted by molar-refractivity contribution is 6.31. The number of aliphatic carboxylic acids is 1. The number of nitrogens with one attached hydrogen (secondary N) is 1. The van der Waals surface area contributed by atoms with Crippen molar-refractivity contribution >= 4 is 23.5 Å². The van der Waals surface area contributed by atoms with Crippen molar-refractivity contribution in [2.45, 2.75) is 31.2 Å². The van der Waals surface area contributed by atoms with Gasteiger partial charge in [-0.3, -0.25) is 4.79 Å². The highest BCUT2D eigenvalue weighted by Crippen LogP contribution is 2.30. The molecular formula is C13H13ClFNO3. The smallest absolute Gasteiger partial charge is 0.329 e. The second kappa shape index (κ2) is 5.17. The molecule has 1 amide bonds. The predicted octanol–water partition coefficient (Wildman–Crippen LogP) is 2.61. The lowest BCUT2D eigenvalue weighted by Crippen LogP contribution is -2.52. The fraction of sp³-hybridized carbons (Fsp3) is 0.385. The predicted molar refractivity (Wildman–Crippen MR) is 67.7 cm³/mol. The van der Waals surface area contributed by atoms with E-state index in [9.17, 15) is 19.1 Å². The van der Waals surface area contributed by atoms with Crippen molar-refractivity contribution in [2.75, 3.05) is 0 Å². The lowest BCUT2D eigenvalue weighted by molar-refractivity contribution is -0.144. The van der Waals surface area contributed by atoms with E-state index in [0.29, 0.717) is 12.8 Å². The van der Waals surface area contributed by atoms with Gasteiger partial charge >= 0.3 is 5.97 Å². The van der Waals surface area contributed by atoms with E-state index in [1.54, 1.807) is 0 Å². The van der Waals surface area contributed by atoms with Crippen LogP contribution < -0.4 is 5.32 Å². The molecule has 1 saturated carbocycles. The Bertz CT molecular complexity index is 527. The molecule has 0 spiro atoms. The van der Waals surface area contributed by atoms with Gasteiger partial charge in [-0.25, -0.2) is 9.18 Å². The fourth-order valence-electron chi connectivity index (χ4n) is 2.30. The molecule has 1 aromatic rings. The number of carbonyl (C=O) groups excluding carboxylic acids is 1. The third-order valence-electron chi connectivity index (χ3n) is 3.40. The van der Waals surface area contributed by atoms with Crippen LogP contribution in [-0.4, -0.2) is 22.5 Å². The summed E-state index contributed by atoms with van der Waals surface area (Å²) in [5.74, 6) is -2.20. The Morgan fingerprint density at radius 3 is 2.47 bits per heavy atom. The van der Waals surface area contributed by atoms with Gasteiger partial charge in [-0.05, 0) is 31.0 Å². The van der Waals surface area contributed by atoms with Crippen LogP contribution in [0.25, 0.3) is 0 Å². The van der Waals surface area contributed by atoms with Crippen LogP contribution in [0, 0.1) is 5.82 Å². The monoisotopic (exact) mass is 285 g/mol. The minimum Gasteiger partial charge on any atom is -0.480 e. The summed E-state index contributed by atoms with van der Waals surface area (Å²) < 4.78 is 13.0. The molecule has 0 unspecified atom stereocenters. The first-order chi connectivity index (χ1) is 8.94. The van der Waals surface area contributed by atoms with Crippen molar-refractivity contribution in [3.63, 3.8) is 0 Å². The Labute approximate surface area is 114 Å². The van der Waals surface area contributed by atoms with Crippen LogP contribution >= 0.6 is 11.6 Å². The van der Waals surface area contributed by atoms with Gasteiger partial charge in [0.1, 0.15) is 11.4 Å². The molecule has 0 bridgehead atoms. The van der Waals surface area contributed by atoms with Gasteiger partial charge in [-0.2, -0.15) is 0 Å². The number of carboxylic acids is 1. The molecule has 0 saturated heterocycles. The molecule has 102 valence electrons. The molecule has 2 N–H and O–H groups in total. The number of halogens is 2. The largest absolute Gasteiger partial charge is 0.480 e. The van der Waals surface area contributed by atoms with Crippen LogP contribution in [-0.2, 0) is 4.79 Å². The van der Waals surface area contributed by atoms with Crippen LogP contribution in [0.1, 0.15) is 36.0 Å². The van der Waals surface area contributed by atoms with Gasteiger partial charge in [0.15, 0.2) is 0 Å². The summed E-state index contributed by atoms with van der Waals surface area (Å²) in [7, 11) is 0. The van der Waals surface area contributed by atoms with E-state index >= 15 is 0 Å². The summed E-state index contributed by atoms with van der Waals surface area (Å²) in [6.07, 6.45) is 2.33.